The van der Waals surface area contributed by atoms with Gasteiger partial charge in [-0.1, -0.05) is 25.4 Å². The summed E-state index contributed by atoms with van der Waals surface area (Å²) in [4.78, 5) is 8.16. The molecule has 2 aromatic heterocycles. The monoisotopic (exact) mass is 323 g/mol. The lowest BCUT2D eigenvalue weighted by Gasteiger charge is -2.19. The fourth-order valence-corrected chi connectivity index (χ4v) is 3.27. The highest BCUT2D eigenvalue weighted by atomic mass is 35.5. The summed E-state index contributed by atoms with van der Waals surface area (Å²) >= 11 is 7.62. The van der Waals surface area contributed by atoms with E-state index >= 15 is 0 Å². The summed E-state index contributed by atoms with van der Waals surface area (Å²) in [6.07, 6.45) is 0.950. The molecule has 0 radical (unpaired) electrons. The number of thiophene rings is 1. The molecule has 3 nitrogen and oxygen atoms in total. The van der Waals surface area contributed by atoms with Gasteiger partial charge in [0, 0.05) is 24.2 Å². The van der Waals surface area contributed by atoms with Crippen LogP contribution in [0.25, 0.3) is 0 Å². The predicted octanol–water partition coefficient (Wildman–Crippen LogP) is 4.10. The molecule has 1 N–H and O–H groups in total. The lowest BCUT2D eigenvalue weighted by atomic mass is 10.2. The zero-order valence-electron chi connectivity index (χ0n) is 12.8. The van der Waals surface area contributed by atoms with E-state index in [1.165, 1.54) is 10.4 Å². The summed E-state index contributed by atoms with van der Waals surface area (Å²) in [5, 5.41) is 3.37. The Kier molecular flexibility index (Phi) is 6.03. The first-order valence-electron chi connectivity index (χ1n) is 7.28. The minimum Gasteiger partial charge on any atom is -0.355 e. The van der Waals surface area contributed by atoms with Crippen LogP contribution in [0.2, 0.25) is 4.34 Å². The van der Waals surface area contributed by atoms with Gasteiger partial charge in [0.1, 0.15) is 5.82 Å². The van der Waals surface area contributed by atoms with E-state index in [-0.39, 0.29) is 0 Å². The average molecular weight is 324 g/mol. The first-order chi connectivity index (χ1) is 10.1. The van der Waals surface area contributed by atoms with Gasteiger partial charge >= 0.3 is 0 Å². The van der Waals surface area contributed by atoms with Crippen molar-refractivity contribution in [2.75, 3.05) is 18.5 Å². The Balaban J connectivity index is 2.16. The third kappa shape index (κ3) is 4.70. The number of hydrogen-bond donors (Lipinski definition) is 1. The molecule has 0 saturated heterocycles. The number of halogens is 1. The Labute approximate surface area is 136 Å². The van der Waals surface area contributed by atoms with Gasteiger partial charge < -0.3 is 10.2 Å². The second kappa shape index (κ2) is 7.78. The van der Waals surface area contributed by atoms with Crippen molar-refractivity contribution in [3.63, 3.8) is 0 Å². The van der Waals surface area contributed by atoms with Crippen LogP contribution in [0.3, 0.4) is 0 Å². The van der Waals surface area contributed by atoms with Crippen molar-refractivity contribution in [3.05, 3.63) is 44.7 Å². The molecule has 2 rings (SSSR count). The smallest absolute Gasteiger partial charge is 0.129 e. The molecule has 0 unspecified atom stereocenters. The summed E-state index contributed by atoms with van der Waals surface area (Å²) < 4.78 is 0.835. The molecule has 0 bridgehead atoms. The topological polar surface area (TPSA) is 28.2 Å². The predicted molar refractivity (Wildman–Crippen MR) is 92.4 cm³/mol. The minimum absolute atomic E-state index is 0.832. The lowest BCUT2D eigenvalue weighted by molar-refractivity contribution is 0.723. The maximum atomic E-state index is 6.00. The highest BCUT2D eigenvalue weighted by Gasteiger charge is 2.08. The maximum absolute atomic E-state index is 6.00. The van der Waals surface area contributed by atoms with Crippen LogP contribution < -0.4 is 10.2 Å². The molecule has 0 amide bonds. The van der Waals surface area contributed by atoms with Gasteiger partial charge in [-0.05, 0) is 42.8 Å². The van der Waals surface area contributed by atoms with Gasteiger partial charge in [-0.2, -0.15) is 0 Å². The van der Waals surface area contributed by atoms with Crippen molar-refractivity contribution in [2.45, 2.75) is 33.4 Å². The van der Waals surface area contributed by atoms with E-state index in [0.29, 0.717) is 0 Å². The molecular weight excluding hydrogens is 302 g/mol. The standard InChI is InChI=1S/C16H22ClN3S/c1-4-13-8-12(10-18-5-2)9-16(19-13)20(3)11-14-6-7-15(17)21-14/h6-9,18H,4-5,10-11H2,1-3H3. The number of aryl methyl sites for hydroxylation is 1. The average Bonchev–Trinajstić information content (AvgIpc) is 2.89. The summed E-state index contributed by atoms with van der Waals surface area (Å²) in [5.74, 6) is 1.02. The minimum atomic E-state index is 0.832. The van der Waals surface area contributed by atoms with E-state index in [0.717, 1.165) is 41.9 Å². The highest BCUT2D eigenvalue weighted by molar-refractivity contribution is 7.16. The van der Waals surface area contributed by atoms with Crippen molar-refractivity contribution in [3.8, 4) is 0 Å². The molecule has 5 heteroatoms. The Morgan fingerprint density at radius 1 is 1.29 bits per heavy atom. The van der Waals surface area contributed by atoms with E-state index in [1.54, 1.807) is 11.3 Å². The van der Waals surface area contributed by atoms with Crippen molar-refractivity contribution >= 4 is 28.8 Å². The number of nitrogens with zero attached hydrogens (tertiary/aromatic N) is 2. The van der Waals surface area contributed by atoms with E-state index in [2.05, 4.69) is 49.3 Å². The second-order valence-corrected chi connectivity index (χ2v) is 6.82. The van der Waals surface area contributed by atoms with Gasteiger partial charge in [0.05, 0.1) is 10.9 Å². The number of aromatic nitrogens is 1. The Hall–Kier alpha value is -1.10. The number of pyridine rings is 1. The SMILES string of the molecule is CCNCc1cc(CC)nc(N(C)Cc2ccc(Cl)s2)c1. The van der Waals surface area contributed by atoms with Crippen LogP contribution in [0.1, 0.15) is 30.0 Å². The maximum Gasteiger partial charge on any atom is 0.129 e. The van der Waals surface area contributed by atoms with Crippen LogP contribution in [0, 0.1) is 0 Å². The molecular formula is C16H22ClN3S. The lowest BCUT2D eigenvalue weighted by Crippen LogP contribution is -2.19. The fourth-order valence-electron chi connectivity index (χ4n) is 2.13. The summed E-state index contributed by atoms with van der Waals surface area (Å²) in [5.41, 5.74) is 2.42. The van der Waals surface area contributed by atoms with Gasteiger partial charge in [-0.3, -0.25) is 0 Å². The van der Waals surface area contributed by atoms with Crippen LogP contribution >= 0.6 is 22.9 Å². The van der Waals surface area contributed by atoms with Gasteiger partial charge in [0.15, 0.2) is 0 Å². The first-order valence-corrected chi connectivity index (χ1v) is 8.47. The van der Waals surface area contributed by atoms with Crippen molar-refractivity contribution in [1.29, 1.82) is 0 Å². The number of anilines is 1. The van der Waals surface area contributed by atoms with Gasteiger partial charge in [-0.25, -0.2) is 4.98 Å². The zero-order valence-corrected chi connectivity index (χ0v) is 14.4. The number of hydrogen-bond acceptors (Lipinski definition) is 4. The zero-order chi connectivity index (χ0) is 15.2. The van der Waals surface area contributed by atoms with Crippen molar-refractivity contribution in [1.82, 2.24) is 10.3 Å². The highest BCUT2D eigenvalue weighted by Crippen LogP contribution is 2.24. The van der Waals surface area contributed by atoms with Crippen LogP contribution in [-0.4, -0.2) is 18.6 Å². The van der Waals surface area contributed by atoms with Crippen LogP contribution in [0.15, 0.2) is 24.3 Å². The normalized spacial score (nSPS) is 10.9. The van der Waals surface area contributed by atoms with E-state index in [4.69, 9.17) is 16.6 Å². The second-order valence-electron chi connectivity index (χ2n) is 5.02. The molecule has 2 aromatic rings. The first kappa shape index (κ1) is 16.3. The van der Waals surface area contributed by atoms with E-state index in [1.807, 2.05) is 6.07 Å². The molecule has 114 valence electrons. The molecule has 0 aliphatic carbocycles. The summed E-state index contributed by atoms with van der Waals surface area (Å²) in [6.45, 7) is 6.95. The third-order valence-electron chi connectivity index (χ3n) is 3.28. The fraction of sp³-hybridized carbons (Fsp3) is 0.438. The van der Waals surface area contributed by atoms with Crippen LogP contribution in [0.5, 0.6) is 0 Å². The Bertz CT molecular complexity index is 583. The third-order valence-corrected chi connectivity index (χ3v) is 4.49. The summed E-state index contributed by atoms with van der Waals surface area (Å²) in [6, 6.07) is 8.37. The molecule has 0 aromatic carbocycles. The molecule has 0 saturated carbocycles. The van der Waals surface area contributed by atoms with E-state index in [9.17, 15) is 0 Å². The number of nitrogens with one attached hydrogen (secondary N) is 1. The molecule has 2 heterocycles. The Morgan fingerprint density at radius 3 is 2.71 bits per heavy atom. The van der Waals surface area contributed by atoms with Gasteiger partial charge in [-0.15, -0.1) is 11.3 Å². The molecule has 0 spiro atoms. The Morgan fingerprint density at radius 2 is 2.10 bits per heavy atom. The quantitative estimate of drug-likeness (QED) is 0.831. The molecule has 21 heavy (non-hydrogen) atoms. The van der Waals surface area contributed by atoms with Crippen LogP contribution in [-0.2, 0) is 19.5 Å². The van der Waals surface area contributed by atoms with Gasteiger partial charge in [0.25, 0.3) is 0 Å². The summed E-state index contributed by atoms with van der Waals surface area (Å²) in [7, 11) is 2.08. The largest absolute Gasteiger partial charge is 0.355 e. The van der Waals surface area contributed by atoms with Gasteiger partial charge in [0.2, 0.25) is 0 Å². The molecule has 0 atom stereocenters. The van der Waals surface area contributed by atoms with Crippen molar-refractivity contribution < 1.29 is 0 Å². The number of rotatable bonds is 7. The molecule has 0 aliphatic rings. The van der Waals surface area contributed by atoms with E-state index < -0.39 is 0 Å². The van der Waals surface area contributed by atoms with Crippen LogP contribution in [0.4, 0.5) is 5.82 Å². The molecule has 0 fully saturated rings. The van der Waals surface area contributed by atoms with Crippen molar-refractivity contribution in [2.24, 2.45) is 0 Å². The molecule has 0 aliphatic heterocycles.